The molecule has 4 amide bonds. The summed E-state index contributed by atoms with van der Waals surface area (Å²) in [4.78, 5) is 53.0. The summed E-state index contributed by atoms with van der Waals surface area (Å²) in [7, 11) is 1.47. The van der Waals surface area contributed by atoms with E-state index in [-0.39, 0.29) is 62.4 Å². The zero-order chi connectivity index (χ0) is 29.4. The third-order valence-electron chi connectivity index (χ3n) is 11.0. The molecule has 11 nitrogen and oxygen atoms in total. The molecule has 5 aliphatic rings. The van der Waals surface area contributed by atoms with E-state index in [1.54, 1.807) is 13.8 Å². The highest BCUT2D eigenvalue weighted by atomic mass is 16.6. The first kappa shape index (κ1) is 28.0. The number of likely N-dealkylation sites (N-methyl/N-ethyl adjacent to an activating group) is 1. The van der Waals surface area contributed by atoms with Crippen molar-refractivity contribution in [3.8, 4) is 0 Å². The predicted molar refractivity (Wildman–Crippen MR) is 145 cm³/mol. The van der Waals surface area contributed by atoms with E-state index in [0.29, 0.717) is 23.7 Å². The number of ether oxygens (including phenoxy) is 1. The second-order valence-corrected chi connectivity index (χ2v) is 13.2. The van der Waals surface area contributed by atoms with Gasteiger partial charge in [-0.15, -0.1) is 0 Å². The first-order valence-corrected chi connectivity index (χ1v) is 14.6. The predicted octanol–water partition coefficient (Wildman–Crippen LogP) is 0.334. The summed E-state index contributed by atoms with van der Waals surface area (Å²) < 4.78 is 5.29. The van der Waals surface area contributed by atoms with Gasteiger partial charge in [-0.3, -0.25) is 14.4 Å². The van der Waals surface area contributed by atoms with E-state index in [4.69, 9.17) is 10.5 Å². The van der Waals surface area contributed by atoms with Crippen LogP contribution in [0.4, 0.5) is 4.79 Å². The number of rotatable bonds is 11. The minimum absolute atomic E-state index is 0.0408. The number of carbonyl (C=O) groups excluding carboxylic acids is 4. The molecular weight excluding hydrogens is 528 g/mol. The molecule has 11 heteroatoms. The third kappa shape index (κ3) is 4.06. The second-order valence-electron chi connectivity index (χ2n) is 13.2. The molecule has 0 saturated heterocycles. The molecule has 0 spiro atoms. The highest BCUT2D eigenvalue weighted by Gasteiger charge is 2.90. The Morgan fingerprint density at radius 1 is 1.00 bits per heavy atom. The molecule has 1 aromatic carbocycles. The number of primary amides is 1. The number of carbonyl (C=O) groups is 4. The molecule has 0 radical (unpaired) electrons. The van der Waals surface area contributed by atoms with Crippen molar-refractivity contribution in [2.75, 3.05) is 26.7 Å². The van der Waals surface area contributed by atoms with Gasteiger partial charge in [0.05, 0.1) is 24.2 Å². The lowest BCUT2D eigenvalue weighted by Gasteiger charge is -2.57. The average Bonchev–Trinajstić information content (AvgIpc) is 3.43. The summed E-state index contributed by atoms with van der Waals surface area (Å²) >= 11 is 0. The number of nitrogens with one attached hydrogen (secondary N) is 1. The van der Waals surface area contributed by atoms with Crippen LogP contribution in [0.15, 0.2) is 30.3 Å². The van der Waals surface area contributed by atoms with E-state index in [9.17, 15) is 29.4 Å². The lowest BCUT2D eigenvalue weighted by Crippen LogP contribution is -2.67. The van der Waals surface area contributed by atoms with Gasteiger partial charge in [0.1, 0.15) is 13.2 Å². The topological polar surface area (TPSA) is 162 Å². The zero-order valence-electron chi connectivity index (χ0n) is 23.7. The lowest BCUT2D eigenvalue weighted by atomic mass is 9.51. The molecule has 5 fully saturated rings. The van der Waals surface area contributed by atoms with Gasteiger partial charge in [0.2, 0.25) is 17.7 Å². The summed E-state index contributed by atoms with van der Waals surface area (Å²) in [5.74, 6) is -0.788. The minimum Gasteiger partial charge on any atom is -0.445 e. The quantitative estimate of drug-likeness (QED) is 0.299. The highest BCUT2D eigenvalue weighted by Crippen LogP contribution is 2.87. The van der Waals surface area contributed by atoms with E-state index in [1.165, 1.54) is 16.8 Å². The monoisotopic (exact) mass is 568 g/mol. The van der Waals surface area contributed by atoms with Gasteiger partial charge in [-0.05, 0) is 73.2 Å². The molecule has 6 rings (SSSR count). The standard InChI is InChI=1S/C30H40N4O7/c1-15(2)34(21(37)12-33(3)28(38)41-13-16-7-5-4-6-8-16)11-20(36)32-14-30(40)25-18-9-17-22-23(18)27(30)26(22)29(39,24(17)25)10-19(31)35/h4-8,15,17-18,22-27,39-40H,9-14H2,1-3H3,(H2,31,35)(H,32,36)/t17-,18+,22?,23?,24?,25?,26?,27?,29-,30+/m0/s1. The molecule has 2 bridgehead atoms. The SMILES string of the molecule is CC(C)N(CC(=O)NC[C@]1(O)C2C3C4C2[C@](O)(CC(N)=O)C2C1[C@@H]3C[C@@H]42)C(=O)CN(C)C(=O)OCc1ccccc1. The van der Waals surface area contributed by atoms with Gasteiger partial charge in [0, 0.05) is 19.6 Å². The fraction of sp³-hybridized carbons (Fsp3) is 0.667. The molecule has 5 aliphatic carbocycles. The maximum Gasteiger partial charge on any atom is 0.410 e. The van der Waals surface area contributed by atoms with E-state index < -0.39 is 35.0 Å². The van der Waals surface area contributed by atoms with Crippen molar-refractivity contribution in [1.29, 1.82) is 0 Å². The smallest absolute Gasteiger partial charge is 0.410 e. The Bertz CT molecular complexity index is 1260. The first-order valence-electron chi connectivity index (χ1n) is 14.6. The van der Waals surface area contributed by atoms with Crippen LogP contribution in [0.25, 0.3) is 0 Å². The molecular formula is C30H40N4O7. The van der Waals surface area contributed by atoms with Crippen LogP contribution in [0, 0.1) is 47.3 Å². The number of nitrogens with zero attached hydrogens (tertiary/aromatic N) is 2. The molecule has 6 unspecified atom stereocenters. The average molecular weight is 569 g/mol. The van der Waals surface area contributed by atoms with Crippen molar-refractivity contribution in [1.82, 2.24) is 15.1 Å². The normalized spacial score (nSPS) is 38.2. The van der Waals surface area contributed by atoms with E-state index in [1.807, 2.05) is 30.3 Å². The van der Waals surface area contributed by atoms with E-state index >= 15 is 0 Å². The van der Waals surface area contributed by atoms with Crippen molar-refractivity contribution in [2.45, 2.75) is 50.5 Å². The molecule has 1 aromatic rings. The Morgan fingerprint density at radius 2 is 1.61 bits per heavy atom. The fourth-order valence-corrected chi connectivity index (χ4v) is 9.89. The van der Waals surface area contributed by atoms with Crippen LogP contribution in [0.3, 0.4) is 0 Å². The van der Waals surface area contributed by atoms with Gasteiger partial charge in [-0.1, -0.05) is 30.3 Å². The molecule has 0 heterocycles. The largest absolute Gasteiger partial charge is 0.445 e. The Balaban J connectivity index is 1.04. The second kappa shape index (κ2) is 9.69. The fourth-order valence-electron chi connectivity index (χ4n) is 9.89. The lowest BCUT2D eigenvalue weighted by molar-refractivity contribution is -0.215. The van der Waals surface area contributed by atoms with Gasteiger partial charge in [-0.25, -0.2) is 4.79 Å². The number of amides is 4. The summed E-state index contributed by atoms with van der Waals surface area (Å²) in [6.07, 6.45) is 0.229. The molecule has 5 saturated carbocycles. The Kier molecular flexibility index (Phi) is 6.61. The van der Waals surface area contributed by atoms with Crippen molar-refractivity contribution < 1.29 is 34.1 Å². The molecule has 5 N–H and O–H groups in total. The summed E-state index contributed by atoms with van der Waals surface area (Å²) in [5, 5.41) is 26.4. The van der Waals surface area contributed by atoms with Gasteiger partial charge in [0.25, 0.3) is 0 Å². The molecule has 41 heavy (non-hydrogen) atoms. The van der Waals surface area contributed by atoms with Crippen LogP contribution in [0.5, 0.6) is 0 Å². The Morgan fingerprint density at radius 3 is 2.22 bits per heavy atom. The van der Waals surface area contributed by atoms with Crippen molar-refractivity contribution >= 4 is 23.8 Å². The highest BCUT2D eigenvalue weighted by molar-refractivity contribution is 5.87. The third-order valence-corrected chi connectivity index (χ3v) is 11.0. The first-order chi connectivity index (χ1) is 19.4. The molecule has 0 aliphatic heterocycles. The van der Waals surface area contributed by atoms with Crippen LogP contribution in [0.1, 0.15) is 32.3 Å². The van der Waals surface area contributed by atoms with Crippen LogP contribution < -0.4 is 11.1 Å². The van der Waals surface area contributed by atoms with Crippen LogP contribution in [0.2, 0.25) is 0 Å². The number of hydrogen-bond acceptors (Lipinski definition) is 7. The summed E-state index contributed by atoms with van der Waals surface area (Å²) in [6.45, 7) is 3.25. The number of fused-ring (bicyclic) bond motifs is 2. The van der Waals surface area contributed by atoms with Crippen LogP contribution in [-0.2, 0) is 25.7 Å². The number of aliphatic hydroxyl groups is 2. The number of nitrogens with two attached hydrogens (primary N) is 1. The van der Waals surface area contributed by atoms with Crippen molar-refractivity contribution in [2.24, 2.45) is 53.1 Å². The molecule has 222 valence electrons. The maximum atomic E-state index is 13.1. The van der Waals surface area contributed by atoms with Gasteiger partial charge in [-0.2, -0.15) is 0 Å². The number of benzene rings is 1. The molecule has 10 atom stereocenters. The Labute approximate surface area is 239 Å². The van der Waals surface area contributed by atoms with Crippen molar-refractivity contribution in [3.05, 3.63) is 35.9 Å². The Hall–Kier alpha value is -3.18. The summed E-state index contributed by atoms with van der Waals surface area (Å²) in [6, 6.07) is 8.93. The zero-order valence-corrected chi connectivity index (χ0v) is 23.7. The van der Waals surface area contributed by atoms with Gasteiger partial charge >= 0.3 is 6.09 Å². The van der Waals surface area contributed by atoms with Gasteiger partial charge in [0.15, 0.2) is 0 Å². The van der Waals surface area contributed by atoms with E-state index in [0.717, 1.165) is 12.0 Å². The van der Waals surface area contributed by atoms with Crippen LogP contribution in [-0.4, -0.2) is 87.8 Å². The van der Waals surface area contributed by atoms with E-state index in [2.05, 4.69) is 5.32 Å². The van der Waals surface area contributed by atoms with Crippen molar-refractivity contribution in [3.63, 3.8) is 0 Å². The molecule has 0 aromatic heterocycles. The van der Waals surface area contributed by atoms with Gasteiger partial charge < -0.3 is 35.8 Å². The van der Waals surface area contributed by atoms with Crippen LogP contribution >= 0.6 is 0 Å². The maximum absolute atomic E-state index is 13.1. The summed E-state index contributed by atoms with van der Waals surface area (Å²) in [5.41, 5.74) is 4.02. The minimum atomic E-state index is -1.16. The number of hydrogen-bond donors (Lipinski definition) is 4.